The van der Waals surface area contributed by atoms with Crippen LogP contribution in [0.4, 0.5) is 0 Å². The molecule has 4 aromatic rings. The van der Waals surface area contributed by atoms with E-state index in [0.29, 0.717) is 0 Å². The fourth-order valence-electron chi connectivity index (χ4n) is 4.86. The van der Waals surface area contributed by atoms with E-state index < -0.39 is 0 Å². The van der Waals surface area contributed by atoms with E-state index in [4.69, 9.17) is 0 Å². The van der Waals surface area contributed by atoms with Gasteiger partial charge in [0.05, 0.1) is 0 Å². The van der Waals surface area contributed by atoms with Crippen molar-refractivity contribution < 1.29 is 0 Å². The van der Waals surface area contributed by atoms with Crippen LogP contribution in [0.1, 0.15) is 54.2 Å². The van der Waals surface area contributed by atoms with Crippen LogP contribution >= 0.6 is 0 Å². The van der Waals surface area contributed by atoms with Crippen molar-refractivity contribution in [1.29, 1.82) is 0 Å². The number of hydrogen-bond donors (Lipinski definition) is 0. The summed E-state index contributed by atoms with van der Waals surface area (Å²) in [5.41, 5.74) is 13.5. The van der Waals surface area contributed by atoms with E-state index in [1.165, 1.54) is 55.7 Å². The molecular formula is C38H42. The van der Waals surface area contributed by atoms with E-state index in [9.17, 15) is 0 Å². The molecule has 0 unspecified atom stereocenters. The highest BCUT2D eigenvalue weighted by Crippen LogP contribution is 2.49. The molecule has 1 aliphatic rings. The molecule has 0 atom stereocenters. The largest absolute Gasteiger partial charge is 0.0990 e. The average molecular weight is 499 g/mol. The second kappa shape index (κ2) is 13.1. The molecule has 0 heterocycles. The first-order valence-electron chi connectivity index (χ1n) is 13.4. The van der Waals surface area contributed by atoms with Gasteiger partial charge in [-0.15, -0.1) is 0 Å². The Morgan fingerprint density at radius 3 is 1.58 bits per heavy atom. The van der Waals surface area contributed by atoms with Gasteiger partial charge < -0.3 is 0 Å². The van der Waals surface area contributed by atoms with Crippen LogP contribution in [0.5, 0.6) is 0 Å². The molecule has 4 aromatic carbocycles. The Balaban J connectivity index is 0.000000168. The fourth-order valence-corrected chi connectivity index (χ4v) is 4.86. The SMILES string of the molecule is C=C/C=C1\C(=C/C)C(C)(C)c2cc(C)ccc21.Cc1ccc(-c2ccccc2)cc1.Cc1ccc(C)cc1. The van der Waals surface area contributed by atoms with Crippen molar-refractivity contribution in [2.24, 2.45) is 0 Å². The van der Waals surface area contributed by atoms with Crippen LogP contribution in [0.25, 0.3) is 16.7 Å². The van der Waals surface area contributed by atoms with Crippen LogP contribution in [-0.2, 0) is 5.41 Å². The van der Waals surface area contributed by atoms with Gasteiger partial charge in [-0.1, -0.05) is 158 Å². The molecule has 0 amide bonds. The van der Waals surface area contributed by atoms with Crippen molar-refractivity contribution in [3.8, 4) is 11.1 Å². The summed E-state index contributed by atoms with van der Waals surface area (Å²) in [6, 6.07) is 34.2. The smallest absolute Gasteiger partial charge is 0.0155 e. The van der Waals surface area contributed by atoms with Crippen LogP contribution in [0.15, 0.2) is 127 Å². The molecule has 0 nitrogen and oxygen atoms in total. The van der Waals surface area contributed by atoms with Crippen molar-refractivity contribution in [1.82, 2.24) is 0 Å². The maximum absolute atomic E-state index is 3.83. The molecule has 0 saturated heterocycles. The van der Waals surface area contributed by atoms with Gasteiger partial charge in [-0.3, -0.25) is 0 Å². The number of hydrogen-bond acceptors (Lipinski definition) is 0. The first-order valence-corrected chi connectivity index (χ1v) is 13.4. The van der Waals surface area contributed by atoms with Gasteiger partial charge in [0.2, 0.25) is 0 Å². The summed E-state index contributed by atoms with van der Waals surface area (Å²) in [7, 11) is 0. The first-order chi connectivity index (χ1) is 18.2. The lowest BCUT2D eigenvalue weighted by molar-refractivity contribution is 0.659. The molecule has 0 heteroatoms. The van der Waals surface area contributed by atoms with Gasteiger partial charge in [0.15, 0.2) is 0 Å². The standard InChI is InChI=1S/C17H20.C13H12.C8H10/c1-6-8-13-14-10-9-12(3)11-16(14)17(4,5)15(13)7-2;1-11-7-9-13(10-8-11)12-5-3-2-4-6-12;1-7-3-5-8(2)6-4-7/h6-11H,1H2,2-5H3;2-10H,1H3;3-6H,1-2H3/b13-8-,15-7+;;. The number of benzene rings is 4. The normalized spacial score (nSPS) is 15.1. The van der Waals surface area contributed by atoms with Crippen molar-refractivity contribution in [3.05, 3.63) is 161 Å². The summed E-state index contributed by atoms with van der Waals surface area (Å²) in [5, 5.41) is 0. The summed E-state index contributed by atoms with van der Waals surface area (Å²) in [6.07, 6.45) is 6.23. The van der Waals surface area contributed by atoms with Gasteiger partial charge in [-0.2, -0.15) is 0 Å². The Bertz CT molecular complexity index is 1370. The Labute approximate surface area is 231 Å². The molecule has 5 rings (SSSR count). The minimum absolute atomic E-state index is 0.102. The minimum atomic E-state index is 0.102. The number of aryl methyl sites for hydroxylation is 4. The van der Waals surface area contributed by atoms with E-state index in [0.717, 1.165) is 0 Å². The number of rotatable bonds is 2. The fraction of sp³-hybridized carbons (Fsp3) is 0.211. The lowest BCUT2D eigenvalue weighted by Crippen LogP contribution is -2.15. The van der Waals surface area contributed by atoms with Crippen LogP contribution in [0.3, 0.4) is 0 Å². The zero-order chi connectivity index (χ0) is 27.7. The zero-order valence-corrected chi connectivity index (χ0v) is 24.2. The Morgan fingerprint density at radius 2 is 1.08 bits per heavy atom. The van der Waals surface area contributed by atoms with Gasteiger partial charge in [0.1, 0.15) is 0 Å². The van der Waals surface area contributed by atoms with Crippen molar-refractivity contribution in [2.45, 2.75) is 53.9 Å². The van der Waals surface area contributed by atoms with Crippen molar-refractivity contribution in [3.63, 3.8) is 0 Å². The summed E-state index contributed by atoms with van der Waals surface area (Å²) in [4.78, 5) is 0. The molecule has 0 fully saturated rings. The monoisotopic (exact) mass is 498 g/mol. The average Bonchev–Trinajstić information content (AvgIpc) is 3.12. The van der Waals surface area contributed by atoms with E-state index in [1.807, 2.05) is 12.1 Å². The molecule has 38 heavy (non-hydrogen) atoms. The number of fused-ring (bicyclic) bond motifs is 1. The molecule has 0 radical (unpaired) electrons. The molecule has 0 N–H and O–H groups in total. The van der Waals surface area contributed by atoms with Gasteiger partial charge in [-0.05, 0) is 68.0 Å². The predicted molar refractivity (Wildman–Crippen MR) is 169 cm³/mol. The molecule has 1 aliphatic carbocycles. The van der Waals surface area contributed by atoms with Crippen LogP contribution in [-0.4, -0.2) is 0 Å². The molecule has 0 spiro atoms. The third kappa shape index (κ3) is 7.11. The Morgan fingerprint density at radius 1 is 0.605 bits per heavy atom. The van der Waals surface area contributed by atoms with E-state index in [-0.39, 0.29) is 5.41 Å². The number of allylic oxidation sites excluding steroid dienone is 5. The predicted octanol–water partition coefficient (Wildman–Crippen LogP) is 10.8. The maximum atomic E-state index is 3.83. The Hall–Kier alpha value is -3.90. The van der Waals surface area contributed by atoms with E-state index in [2.05, 4.69) is 158 Å². The second-order valence-corrected chi connectivity index (χ2v) is 10.6. The van der Waals surface area contributed by atoms with E-state index >= 15 is 0 Å². The summed E-state index contributed by atoms with van der Waals surface area (Å²) in [6.45, 7) is 19.0. The molecular weight excluding hydrogens is 456 g/mol. The van der Waals surface area contributed by atoms with Gasteiger partial charge in [0, 0.05) is 5.41 Å². The summed E-state index contributed by atoms with van der Waals surface area (Å²) < 4.78 is 0. The molecule has 0 aliphatic heterocycles. The van der Waals surface area contributed by atoms with Crippen LogP contribution in [0.2, 0.25) is 0 Å². The summed E-state index contributed by atoms with van der Waals surface area (Å²) in [5.74, 6) is 0. The van der Waals surface area contributed by atoms with Crippen LogP contribution in [0, 0.1) is 27.7 Å². The molecule has 0 bridgehead atoms. The van der Waals surface area contributed by atoms with Gasteiger partial charge in [0.25, 0.3) is 0 Å². The highest BCUT2D eigenvalue weighted by molar-refractivity contribution is 5.90. The van der Waals surface area contributed by atoms with Crippen molar-refractivity contribution >= 4 is 5.57 Å². The topological polar surface area (TPSA) is 0 Å². The quantitative estimate of drug-likeness (QED) is 0.258. The highest BCUT2D eigenvalue weighted by Gasteiger charge is 2.37. The molecule has 0 saturated carbocycles. The third-order valence-corrected chi connectivity index (χ3v) is 7.05. The van der Waals surface area contributed by atoms with Gasteiger partial charge in [-0.25, -0.2) is 0 Å². The molecule has 194 valence electrons. The van der Waals surface area contributed by atoms with Crippen LogP contribution < -0.4 is 0 Å². The van der Waals surface area contributed by atoms with Crippen molar-refractivity contribution in [2.75, 3.05) is 0 Å². The zero-order valence-electron chi connectivity index (χ0n) is 24.2. The lowest BCUT2D eigenvalue weighted by Gasteiger charge is -2.22. The maximum Gasteiger partial charge on any atom is 0.0155 e. The first kappa shape index (κ1) is 28.7. The second-order valence-electron chi connectivity index (χ2n) is 10.6. The summed E-state index contributed by atoms with van der Waals surface area (Å²) >= 11 is 0. The van der Waals surface area contributed by atoms with Gasteiger partial charge >= 0.3 is 0 Å². The third-order valence-electron chi connectivity index (χ3n) is 7.05. The lowest BCUT2D eigenvalue weighted by atomic mass is 9.82. The molecule has 0 aromatic heterocycles. The van der Waals surface area contributed by atoms with E-state index in [1.54, 1.807) is 0 Å². The minimum Gasteiger partial charge on any atom is -0.0990 e. The highest BCUT2D eigenvalue weighted by atomic mass is 14.4. The Kier molecular flexibility index (Phi) is 9.85.